The van der Waals surface area contributed by atoms with Gasteiger partial charge in [-0.25, -0.2) is 4.79 Å². The van der Waals surface area contributed by atoms with Crippen LogP contribution in [0.25, 0.3) is 5.69 Å². The van der Waals surface area contributed by atoms with Crippen LogP contribution in [0.4, 0.5) is 5.00 Å². The number of carbonyl (C=O) groups is 3. The molecule has 0 bridgehead atoms. The maximum absolute atomic E-state index is 13.6. The van der Waals surface area contributed by atoms with Gasteiger partial charge in [-0.2, -0.15) is 0 Å². The fraction of sp³-hybridized carbons (Fsp3) is 0.364. The molecular weight excluding hydrogens is 643 g/mol. The van der Waals surface area contributed by atoms with Crippen molar-refractivity contribution in [3.05, 3.63) is 69.9 Å². The molecule has 47 heavy (non-hydrogen) atoms. The van der Waals surface area contributed by atoms with Crippen LogP contribution in [0.1, 0.15) is 63.7 Å². The van der Waals surface area contributed by atoms with Gasteiger partial charge in [-0.15, -0.1) is 21.5 Å². The predicted molar refractivity (Wildman–Crippen MR) is 179 cm³/mol. The number of esters is 1. The third-order valence-corrected chi connectivity index (χ3v) is 9.87. The van der Waals surface area contributed by atoms with Crippen LogP contribution < -0.4 is 24.8 Å². The number of ether oxygens (including phenoxy) is 4. The molecule has 1 aliphatic carbocycles. The number of hydrogen-bond acceptors (Lipinski definition) is 11. The Kier molecular flexibility index (Phi) is 11.0. The molecule has 4 aromatic rings. The van der Waals surface area contributed by atoms with Gasteiger partial charge in [-0.3, -0.25) is 14.2 Å². The highest BCUT2D eigenvalue weighted by molar-refractivity contribution is 8.00. The monoisotopic (exact) mass is 679 g/mol. The lowest BCUT2D eigenvalue weighted by Crippen LogP contribution is -2.25. The summed E-state index contributed by atoms with van der Waals surface area (Å²) in [4.78, 5) is 40.7. The highest BCUT2D eigenvalue weighted by Gasteiger charge is 2.29. The molecule has 2 amide bonds. The number of aryl methyl sites for hydroxylation is 1. The van der Waals surface area contributed by atoms with Gasteiger partial charge in [0, 0.05) is 10.4 Å². The van der Waals surface area contributed by atoms with Gasteiger partial charge >= 0.3 is 5.97 Å². The first kappa shape index (κ1) is 33.8. The first-order chi connectivity index (χ1) is 22.8. The van der Waals surface area contributed by atoms with E-state index in [4.69, 9.17) is 18.9 Å². The van der Waals surface area contributed by atoms with Gasteiger partial charge in [0.15, 0.2) is 22.5 Å². The second-order valence-corrected chi connectivity index (χ2v) is 13.0. The first-order valence-electron chi connectivity index (χ1n) is 15.2. The van der Waals surface area contributed by atoms with Crippen molar-refractivity contribution in [2.75, 3.05) is 33.3 Å². The minimum atomic E-state index is -0.629. The van der Waals surface area contributed by atoms with Crippen molar-refractivity contribution in [1.29, 1.82) is 0 Å². The Morgan fingerprint density at radius 1 is 0.979 bits per heavy atom. The van der Waals surface area contributed by atoms with Crippen LogP contribution in [0.3, 0.4) is 0 Å². The van der Waals surface area contributed by atoms with Gasteiger partial charge < -0.3 is 29.6 Å². The quantitative estimate of drug-likeness (QED) is 0.138. The summed E-state index contributed by atoms with van der Waals surface area (Å²) in [6.07, 6.45) is 3.70. The molecule has 0 saturated carbocycles. The molecule has 0 unspecified atom stereocenters. The lowest BCUT2D eigenvalue weighted by Gasteiger charge is -2.16. The molecule has 1 aliphatic rings. The van der Waals surface area contributed by atoms with Crippen LogP contribution in [-0.2, 0) is 28.9 Å². The lowest BCUT2D eigenvalue weighted by atomic mass is 9.95. The Balaban J connectivity index is 1.39. The number of para-hydroxylation sites is 2. The van der Waals surface area contributed by atoms with Crippen molar-refractivity contribution in [2.24, 2.45) is 0 Å². The second-order valence-electron chi connectivity index (χ2n) is 10.5. The smallest absolute Gasteiger partial charge is 0.341 e. The van der Waals surface area contributed by atoms with Crippen molar-refractivity contribution in [3.63, 3.8) is 0 Å². The number of fused-ring (bicyclic) bond motifs is 1. The summed E-state index contributed by atoms with van der Waals surface area (Å²) < 4.78 is 23.3. The molecule has 14 heteroatoms. The van der Waals surface area contributed by atoms with E-state index in [1.807, 2.05) is 18.2 Å². The van der Waals surface area contributed by atoms with E-state index in [0.29, 0.717) is 50.0 Å². The van der Waals surface area contributed by atoms with Crippen LogP contribution in [0.2, 0.25) is 0 Å². The fourth-order valence-corrected chi connectivity index (χ4v) is 7.44. The van der Waals surface area contributed by atoms with Gasteiger partial charge in [-0.1, -0.05) is 23.9 Å². The number of thioether (sulfide) groups is 1. The van der Waals surface area contributed by atoms with Gasteiger partial charge in [0.2, 0.25) is 5.91 Å². The van der Waals surface area contributed by atoms with Crippen LogP contribution in [0.5, 0.6) is 17.2 Å². The van der Waals surface area contributed by atoms with Crippen molar-refractivity contribution in [2.45, 2.75) is 56.5 Å². The minimum Gasteiger partial charge on any atom is -0.495 e. The number of benzene rings is 2. The van der Waals surface area contributed by atoms with E-state index in [-0.39, 0.29) is 25.0 Å². The number of anilines is 1. The Labute approximate surface area is 281 Å². The molecule has 0 fully saturated rings. The molecule has 2 heterocycles. The molecule has 1 atom stereocenters. The van der Waals surface area contributed by atoms with Crippen molar-refractivity contribution >= 4 is 45.9 Å². The molecule has 2 N–H and O–H groups in total. The van der Waals surface area contributed by atoms with E-state index in [0.717, 1.165) is 36.1 Å². The number of thiophene rings is 1. The predicted octanol–water partition coefficient (Wildman–Crippen LogP) is 5.46. The fourth-order valence-electron chi connectivity index (χ4n) is 5.28. The van der Waals surface area contributed by atoms with Crippen LogP contribution in [0, 0.1) is 0 Å². The molecular formula is C33H37N5O7S2. The molecule has 2 aromatic carbocycles. The van der Waals surface area contributed by atoms with E-state index in [1.54, 1.807) is 49.8 Å². The largest absolute Gasteiger partial charge is 0.495 e. The second kappa shape index (κ2) is 15.4. The standard InChI is InChI=1S/C33H37N5O7S2/c1-6-45-32(41)28-21-11-7-10-14-26(21)47-31(28)35-29(39)19(2)46-33-37-36-27(38(33)22-12-8-9-13-23(22)42-3)18-34-30(40)20-15-16-24(43-4)25(17-20)44-5/h8-9,12-13,15-17,19H,6-7,10-11,14,18H2,1-5H3,(H,34,40)(H,35,39)/t19-/m1/s1. The molecule has 248 valence electrons. The number of hydrogen-bond donors (Lipinski definition) is 2. The number of carbonyl (C=O) groups excluding carboxylic acids is 3. The summed E-state index contributed by atoms with van der Waals surface area (Å²) in [5.41, 5.74) is 2.46. The van der Waals surface area contributed by atoms with Gasteiger partial charge in [0.25, 0.3) is 5.91 Å². The van der Waals surface area contributed by atoms with E-state index < -0.39 is 11.2 Å². The third kappa shape index (κ3) is 7.38. The van der Waals surface area contributed by atoms with E-state index in [1.165, 1.54) is 37.3 Å². The summed E-state index contributed by atoms with van der Waals surface area (Å²) in [6.45, 7) is 3.81. The van der Waals surface area contributed by atoms with Crippen LogP contribution >= 0.6 is 23.1 Å². The van der Waals surface area contributed by atoms with Gasteiger partial charge in [0.1, 0.15) is 10.8 Å². The highest BCUT2D eigenvalue weighted by Crippen LogP contribution is 2.39. The number of methoxy groups -OCH3 is 3. The van der Waals surface area contributed by atoms with Crippen LogP contribution in [-0.4, -0.2) is 65.7 Å². The molecule has 2 aromatic heterocycles. The molecule has 0 radical (unpaired) electrons. The summed E-state index contributed by atoms with van der Waals surface area (Å²) in [7, 11) is 4.59. The zero-order chi connectivity index (χ0) is 33.5. The molecule has 0 aliphatic heterocycles. The summed E-state index contributed by atoms with van der Waals surface area (Å²) >= 11 is 2.64. The van der Waals surface area contributed by atoms with Gasteiger partial charge in [0.05, 0.1) is 51.0 Å². The maximum atomic E-state index is 13.6. The van der Waals surface area contributed by atoms with Gasteiger partial charge in [-0.05, 0) is 75.4 Å². The lowest BCUT2D eigenvalue weighted by molar-refractivity contribution is -0.115. The van der Waals surface area contributed by atoms with Crippen molar-refractivity contribution in [1.82, 2.24) is 20.1 Å². The summed E-state index contributed by atoms with van der Waals surface area (Å²) in [5.74, 6) is 0.862. The van der Waals surface area contributed by atoms with E-state index in [2.05, 4.69) is 20.8 Å². The number of amides is 2. The Morgan fingerprint density at radius 2 is 1.72 bits per heavy atom. The SMILES string of the molecule is CCOC(=O)c1c(NC(=O)[C@@H](C)Sc2nnc(CNC(=O)c3ccc(OC)c(OC)c3)n2-c2ccccc2OC)sc2c1CCCC2. The maximum Gasteiger partial charge on any atom is 0.341 e. The molecule has 5 rings (SSSR count). The van der Waals surface area contributed by atoms with Crippen LogP contribution in [0.15, 0.2) is 47.6 Å². The van der Waals surface area contributed by atoms with Crippen molar-refractivity contribution in [3.8, 4) is 22.9 Å². The number of nitrogens with zero attached hydrogens (tertiary/aromatic N) is 3. The summed E-state index contributed by atoms with van der Waals surface area (Å²) in [5, 5.41) is 15.0. The number of rotatable bonds is 13. The molecule has 12 nitrogen and oxygen atoms in total. The number of nitrogens with one attached hydrogen (secondary N) is 2. The Morgan fingerprint density at radius 3 is 2.47 bits per heavy atom. The average molecular weight is 680 g/mol. The topological polar surface area (TPSA) is 143 Å². The third-order valence-electron chi connectivity index (χ3n) is 7.62. The Hall–Kier alpha value is -4.56. The Bertz CT molecular complexity index is 1770. The zero-order valence-corrected chi connectivity index (χ0v) is 28.5. The number of aromatic nitrogens is 3. The average Bonchev–Trinajstić information content (AvgIpc) is 3.66. The molecule has 0 spiro atoms. The molecule has 0 saturated heterocycles. The zero-order valence-electron chi connectivity index (χ0n) is 26.9. The van der Waals surface area contributed by atoms with Crippen molar-refractivity contribution < 1.29 is 33.3 Å². The first-order valence-corrected chi connectivity index (χ1v) is 16.9. The van der Waals surface area contributed by atoms with E-state index in [9.17, 15) is 14.4 Å². The normalized spacial score (nSPS) is 12.9. The minimum absolute atomic E-state index is 0.0308. The highest BCUT2D eigenvalue weighted by atomic mass is 32.2. The summed E-state index contributed by atoms with van der Waals surface area (Å²) in [6, 6.07) is 12.2. The van der Waals surface area contributed by atoms with E-state index >= 15 is 0 Å².